The van der Waals surface area contributed by atoms with Crippen molar-refractivity contribution in [1.29, 1.82) is 0 Å². The van der Waals surface area contributed by atoms with Gasteiger partial charge in [-0.3, -0.25) is 0 Å². The van der Waals surface area contributed by atoms with Crippen LogP contribution in [0.15, 0.2) is 18.2 Å². The van der Waals surface area contributed by atoms with E-state index in [4.69, 9.17) is 18.0 Å². The Labute approximate surface area is 111 Å². The molecule has 0 aromatic heterocycles. The number of piperidine rings is 1. The lowest BCUT2D eigenvalue weighted by molar-refractivity contribution is 0.0447. The minimum atomic E-state index is -0.757. The second-order valence-corrected chi connectivity index (χ2v) is 5.49. The Morgan fingerprint density at radius 1 is 1.56 bits per heavy atom. The summed E-state index contributed by atoms with van der Waals surface area (Å²) in [6.07, 6.45) is 1.60. The van der Waals surface area contributed by atoms with Gasteiger partial charge in [0.1, 0.15) is 10.8 Å². The van der Waals surface area contributed by atoms with Crippen LogP contribution in [0, 0.1) is 5.82 Å². The van der Waals surface area contributed by atoms with E-state index in [1.165, 1.54) is 6.07 Å². The van der Waals surface area contributed by atoms with E-state index >= 15 is 0 Å². The van der Waals surface area contributed by atoms with Gasteiger partial charge in [-0.2, -0.15) is 0 Å². The monoisotopic (exact) mass is 268 g/mol. The van der Waals surface area contributed by atoms with E-state index in [2.05, 4.69) is 0 Å². The lowest BCUT2D eigenvalue weighted by Crippen LogP contribution is -2.46. The third kappa shape index (κ3) is 2.79. The second-order valence-electron chi connectivity index (χ2n) is 5.05. The maximum Gasteiger partial charge on any atom is 0.147 e. The lowest BCUT2D eigenvalue weighted by atomic mass is 9.94. The molecule has 18 heavy (non-hydrogen) atoms. The minimum absolute atomic E-state index is 0.186. The standard InChI is InChI=1S/C13H17FN2OS/c1-13(17)5-2-6-16(8-13)11-4-3-9(12(15)18)7-10(11)14/h3-4,7,17H,2,5-6,8H2,1H3,(H2,15,18). The van der Waals surface area contributed by atoms with Crippen molar-refractivity contribution in [3.8, 4) is 0 Å². The van der Waals surface area contributed by atoms with Gasteiger partial charge in [0.25, 0.3) is 0 Å². The summed E-state index contributed by atoms with van der Waals surface area (Å²) in [6.45, 7) is 2.97. The first-order valence-corrected chi connectivity index (χ1v) is 6.36. The van der Waals surface area contributed by atoms with Gasteiger partial charge in [-0.25, -0.2) is 4.39 Å². The van der Waals surface area contributed by atoms with Gasteiger partial charge in [-0.05, 0) is 38.0 Å². The van der Waals surface area contributed by atoms with Crippen LogP contribution in [0.3, 0.4) is 0 Å². The van der Waals surface area contributed by atoms with Crippen LogP contribution in [0.5, 0.6) is 0 Å². The summed E-state index contributed by atoms with van der Waals surface area (Å²) in [5.41, 5.74) is 5.73. The smallest absolute Gasteiger partial charge is 0.147 e. The zero-order valence-electron chi connectivity index (χ0n) is 10.3. The van der Waals surface area contributed by atoms with Crippen molar-refractivity contribution in [3.05, 3.63) is 29.6 Å². The van der Waals surface area contributed by atoms with Crippen molar-refractivity contribution >= 4 is 22.9 Å². The number of hydrogen-bond acceptors (Lipinski definition) is 3. The SMILES string of the molecule is CC1(O)CCCN(c2ccc(C(N)=S)cc2F)C1. The first-order chi connectivity index (χ1) is 8.39. The molecule has 1 aliphatic heterocycles. The Morgan fingerprint density at radius 3 is 2.83 bits per heavy atom. The zero-order chi connectivity index (χ0) is 13.3. The number of halogens is 1. The van der Waals surface area contributed by atoms with Crippen LogP contribution < -0.4 is 10.6 Å². The van der Waals surface area contributed by atoms with Crippen LogP contribution in [-0.2, 0) is 0 Å². The summed E-state index contributed by atoms with van der Waals surface area (Å²) in [6, 6.07) is 4.73. The summed E-state index contributed by atoms with van der Waals surface area (Å²) < 4.78 is 14.0. The Hall–Kier alpha value is -1.20. The average molecular weight is 268 g/mol. The summed E-state index contributed by atoms with van der Waals surface area (Å²) in [5, 5.41) is 10.0. The molecular formula is C13H17FN2OS. The molecule has 1 fully saturated rings. The highest BCUT2D eigenvalue weighted by molar-refractivity contribution is 7.80. The Morgan fingerprint density at radius 2 is 2.28 bits per heavy atom. The van der Waals surface area contributed by atoms with Crippen LogP contribution >= 0.6 is 12.2 Å². The highest BCUT2D eigenvalue weighted by atomic mass is 32.1. The molecule has 2 rings (SSSR count). The van der Waals surface area contributed by atoms with Crippen molar-refractivity contribution in [3.63, 3.8) is 0 Å². The average Bonchev–Trinajstić information content (AvgIpc) is 2.27. The third-order valence-electron chi connectivity index (χ3n) is 3.25. The number of nitrogens with two attached hydrogens (primary N) is 1. The number of rotatable bonds is 2. The molecule has 0 aliphatic carbocycles. The predicted octanol–water partition coefficient (Wildman–Crippen LogP) is 1.81. The minimum Gasteiger partial charge on any atom is -0.389 e. The van der Waals surface area contributed by atoms with Crippen molar-refractivity contribution in [2.75, 3.05) is 18.0 Å². The molecule has 1 aliphatic rings. The Kier molecular flexibility index (Phi) is 3.54. The van der Waals surface area contributed by atoms with Crippen LogP contribution in [0.4, 0.5) is 10.1 Å². The summed E-state index contributed by atoms with van der Waals surface area (Å²) >= 11 is 4.82. The van der Waals surface area contributed by atoms with Gasteiger partial charge in [0.15, 0.2) is 0 Å². The van der Waals surface area contributed by atoms with Crippen molar-refractivity contribution < 1.29 is 9.50 Å². The second kappa shape index (κ2) is 4.82. The molecule has 1 aromatic rings. The number of aliphatic hydroxyl groups is 1. The lowest BCUT2D eigenvalue weighted by Gasteiger charge is -2.38. The third-order valence-corrected chi connectivity index (χ3v) is 3.48. The van der Waals surface area contributed by atoms with Gasteiger partial charge in [0, 0.05) is 18.7 Å². The van der Waals surface area contributed by atoms with Gasteiger partial charge in [-0.1, -0.05) is 12.2 Å². The van der Waals surface area contributed by atoms with Gasteiger partial charge in [0.05, 0.1) is 11.3 Å². The molecule has 1 unspecified atom stereocenters. The first-order valence-electron chi connectivity index (χ1n) is 5.96. The summed E-state index contributed by atoms with van der Waals surface area (Å²) in [4.78, 5) is 2.05. The molecule has 0 amide bonds. The maximum absolute atomic E-state index is 14.0. The van der Waals surface area contributed by atoms with E-state index in [0.717, 1.165) is 19.4 Å². The largest absolute Gasteiger partial charge is 0.389 e. The maximum atomic E-state index is 14.0. The summed E-state index contributed by atoms with van der Waals surface area (Å²) in [5.74, 6) is -0.349. The number of benzene rings is 1. The van der Waals surface area contributed by atoms with E-state index in [1.54, 1.807) is 19.1 Å². The molecule has 0 spiro atoms. The molecule has 0 saturated carbocycles. The fourth-order valence-electron chi connectivity index (χ4n) is 2.34. The van der Waals surface area contributed by atoms with Crippen molar-refractivity contribution in [1.82, 2.24) is 0 Å². The normalized spacial score (nSPS) is 24.1. The predicted molar refractivity (Wildman–Crippen MR) is 74.4 cm³/mol. The molecule has 3 nitrogen and oxygen atoms in total. The molecule has 1 heterocycles. The van der Waals surface area contributed by atoms with Crippen molar-refractivity contribution in [2.45, 2.75) is 25.4 Å². The molecule has 3 N–H and O–H groups in total. The van der Waals surface area contributed by atoms with Crippen LogP contribution in [0.1, 0.15) is 25.3 Å². The molecule has 1 saturated heterocycles. The molecule has 0 radical (unpaired) electrons. The van der Waals surface area contributed by atoms with E-state index in [1.807, 2.05) is 4.90 Å². The molecule has 1 aromatic carbocycles. The molecule has 98 valence electrons. The molecule has 0 bridgehead atoms. The molecular weight excluding hydrogens is 251 g/mol. The number of β-amino-alcohol motifs (C(OH)–C–C–N with tert-alkyl or cyclic N) is 1. The van der Waals surface area contributed by atoms with Gasteiger partial charge in [-0.15, -0.1) is 0 Å². The van der Waals surface area contributed by atoms with E-state index in [-0.39, 0.29) is 10.8 Å². The highest BCUT2D eigenvalue weighted by Gasteiger charge is 2.29. The fraction of sp³-hybridized carbons (Fsp3) is 0.462. The highest BCUT2D eigenvalue weighted by Crippen LogP contribution is 2.28. The topological polar surface area (TPSA) is 49.5 Å². The number of hydrogen-bond donors (Lipinski definition) is 2. The Bertz CT molecular complexity index is 476. The molecule has 5 heteroatoms. The summed E-state index contributed by atoms with van der Waals surface area (Å²) in [7, 11) is 0. The molecule has 1 atom stereocenters. The number of thiocarbonyl (C=S) groups is 1. The quantitative estimate of drug-likeness (QED) is 0.803. The van der Waals surface area contributed by atoms with Gasteiger partial charge < -0.3 is 15.7 Å². The first kappa shape index (κ1) is 13.2. The number of nitrogens with zero attached hydrogens (tertiary/aromatic N) is 1. The number of anilines is 1. The Balaban J connectivity index is 2.26. The van der Waals surface area contributed by atoms with Crippen LogP contribution in [0.2, 0.25) is 0 Å². The fourth-order valence-corrected chi connectivity index (χ4v) is 2.47. The zero-order valence-corrected chi connectivity index (χ0v) is 11.1. The van der Waals surface area contributed by atoms with Crippen LogP contribution in [-0.4, -0.2) is 28.8 Å². The van der Waals surface area contributed by atoms with E-state index in [0.29, 0.717) is 17.8 Å². The van der Waals surface area contributed by atoms with Gasteiger partial charge in [0.2, 0.25) is 0 Å². The van der Waals surface area contributed by atoms with Gasteiger partial charge >= 0.3 is 0 Å². The van der Waals surface area contributed by atoms with E-state index in [9.17, 15) is 9.50 Å². The van der Waals surface area contributed by atoms with Crippen LogP contribution in [0.25, 0.3) is 0 Å². The van der Waals surface area contributed by atoms with E-state index < -0.39 is 5.60 Å². The van der Waals surface area contributed by atoms with Crippen molar-refractivity contribution in [2.24, 2.45) is 5.73 Å².